The zero-order chi connectivity index (χ0) is 57.5. The van der Waals surface area contributed by atoms with Gasteiger partial charge in [-0.2, -0.15) is 0 Å². The minimum Gasteiger partial charge on any atom is -0.475 e. The lowest BCUT2D eigenvalue weighted by Crippen LogP contribution is -2.46. The van der Waals surface area contributed by atoms with Crippen LogP contribution in [0.2, 0.25) is 0 Å². The number of carboxylic acids is 1. The summed E-state index contributed by atoms with van der Waals surface area (Å²) in [7, 11) is -1.00. The average molecular weight is 1120 g/mol. The van der Waals surface area contributed by atoms with E-state index < -0.39 is 30.7 Å². The highest BCUT2D eigenvalue weighted by molar-refractivity contribution is 7.19. The zero-order valence-electron chi connectivity index (χ0n) is 47.9. The number of pyridine rings is 2. The van der Waals surface area contributed by atoms with Crippen molar-refractivity contribution in [1.82, 2.24) is 40.0 Å². The van der Waals surface area contributed by atoms with Crippen LogP contribution in [0.5, 0.6) is 0 Å². The first-order valence-corrected chi connectivity index (χ1v) is 29.9. The number of carbonyl (C=O) groups is 4. The van der Waals surface area contributed by atoms with E-state index in [1.54, 1.807) is 28.4 Å². The molecular formula is C60H82FN11O5S2. The predicted molar refractivity (Wildman–Crippen MR) is 317 cm³/mol. The smallest absolute Gasteiger partial charge is 0.372 e. The van der Waals surface area contributed by atoms with E-state index in [0.717, 1.165) is 80.0 Å². The number of carbonyl (C=O) groups excluding carboxylic acids is 3. The Balaban J connectivity index is 0.000000187. The number of alkyl halides is 1. The number of aromatic nitrogens is 4. The Hall–Kier alpha value is -5.99. The van der Waals surface area contributed by atoms with E-state index in [1.165, 1.54) is 88.2 Å². The van der Waals surface area contributed by atoms with Crippen LogP contribution in [0.25, 0.3) is 20.4 Å². The Bertz CT molecular complexity index is 3030. The molecule has 6 aromatic rings. The zero-order valence-corrected chi connectivity index (χ0v) is 48.6. The highest BCUT2D eigenvalue weighted by Crippen LogP contribution is 2.39. The highest BCUT2D eigenvalue weighted by Gasteiger charge is 2.35. The van der Waals surface area contributed by atoms with Crippen LogP contribution in [0.15, 0.2) is 60.9 Å². The molecule has 4 saturated heterocycles. The number of halogens is 1. The number of nitrogens with zero attached hydrogens (tertiary/aromatic N) is 7. The van der Waals surface area contributed by atoms with Crippen LogP contribution < -0.4 is 22.1 Å². The van der Waals surface area contributed by atoms with Gasteiger partial charge in [-0.25, -0.2) is 24.7 Å². The monoisotopic (exact) mass is 1120 g/mol. The van der Waals surface area contributed by atoms with E-state index in [9.17, 15) is 23.6 Å². The van der Waals surface area contributed by atoms with Gasteiger partial charge >= 0.3 is 17.8 Å². The summed E-state index contributed by atoms with van der Waals surface area (Å²) in [6.45, 7) is 21.5. The van der Waals surface area contributed by atoms with Gasteiger partial charge in [0.2, 0.25) is 5.78 Å². The predicted octanol–water partition coefficient (Wildman–Crippen LogP) is 10.5. The number of amides is 2. The minimum atomic E-state index is -1.43. The first-order valence-electron chi connectivity index (χ1n) is 28.9. The van der Waals surface area contributed by atoms with Crippen molar-refractivity contribution >= 4 is 84.0 Å². The second kappa shape index (κ2) is 28.9. The summed E-state index contributed by atoms with van der Waals surface area (Å²) in [4.78, 5) is 72.7. The lowest BCUT2D eigenvalue weighted by Gasteiger charge is -2.38. The number of aryl methyl sites for hydroxylation is 2. The molecule has 8 heterocycles. The number of thiazole rings is 2. The Kier molecular flexibility index (Phi) is 21.7. The van der Waals surface area contributed by atoms with E-state index >= 15 is 0 Å². The second-order valence-electron chi connectivity index (χ2n) is 21.5. The van der Waals surface area contributed by atoms with E-state index in [-0.39, 0.29) is 12.5 Å². The number of carboxylic acid groups (broad SMARTS) is 1. The van der Waals surface area contributed by atoms with Gasteiger partial charge in [0.25, 0.3) is 0 Å². The maximum absolute atomic E-state index is 13.4. The maximum atomic E-state index is 13.4. The Morgan fingerprint density at radius 2 is 1.27 bits per heavy atom. The largest absolute Gasteiger partial charge is 0.475 e. The molecule has 4 aliphatic rings. The van der Waals surface area contributed by atoms with Crippen molar-refractivity contribution in [3.05, 3.63) is 98.8 Å². The molecule has 79 heavy (non-hydrogen) atoms. The molecule has 0 spiro atoms. The summed E-state index contributed by atoms with van der Waals surface area (Å²) in [5.74, 6) is -0.242. The van der Waals surface area contributed by atoms with Gasteiger partial charge in [-0.05, 0) is 180 Å². The summed E-state index contributed by atoms with van der Waals surface area (Å²) >= 11 is 3.71. The first-order chi connectivity index (χ1) is 38.5. The molecule has 2 amide bonds. The molecular weight excluding hydrogens is 1040 g/mol. The number of Topliss-reactive ketones (excluding diaryl/α,β-unsaturated/α-hetero) is 1. The molecule has 4 fully saturated rings. The number of hydrogen-bond donors (Lipinski definition) is 5. The maximum Gasteiger partial charge on any atom is 0.372 e. The second-order valence-corrected chi connectivity index (χ2v) is 23.6. The Morgan fingerprint density at radius 3 is 1.80 bits per heavy atom. The molecule has 10 rings (SSSR count). The summed E-state index contributed by atoms with van der Waals surface area (Å²) in [6.07, 6.45) is 13.4. The van der Waals surface area contributed by atoms with Crippen molar-refractivity contribution in [2.45, 2.75) is 136 Å². The first kappa shape index (κ1) is 59.1. The van der Waals surface area contributed by atoms with Crippen molar-refractivity contribution in [3.63, 3.8) is 0 Å². The Morgan fingerprint density at radius 1 is 0.734 bits per heavy atom. The van der Waals surface area contributed by atoms with Crippen LogP contribution in [0.1, 0.15) is 156 Å². The molecule has 4 aliphatic heterocycles. The number of fused-ring (bicyclic) bond motifs is 2. The topological polar surface area (TPSA) is 226 Å². The van der Waals surface area contributed by atoms with Crippen molar-refractivity contribution in [3.8, 4) is 0 Å². The third kappa shape index (κ3) is 15.9. The van der Waals surface area contributed by atoms with Crippen LogP contribution in [0, 0.1) is 11.8 Å². The molecule has 2 aromatic carbocycles. The van der Waals surface area contributed by atoms with E-state index in [2.05, 4.69) is 94.5 Å². The number of benzene rings is 2. The molecule has 0 unspecified atom stereocenters. The summed E-state index contributed by atoms with van der Waals surface area (Å²) in [5.41, 5.74) is 18.9. The summed E-state index contributed by atoms with van der Waals surface area (Å²) in [6, 6.07) is 17.2. The number of aliphatic carboxylic acids is 1. The normalized spacial score (nSPS) is 20.4. The van der Waals surface area contributed by atoms with Gasteiger partial charge in [0, 0.05) is 37.0 Å². The van der Waals surface area contributed by atoms with Gasteiger partial charge < -0.3 is 41.9 Å². The lowest BCUT2D eigenvalue weighted by atomic mass is 9.89. The number of hydrogen-bond acceptors (Lipinski definition) is 15. The molecule has 0 aliphatic carbocycles. The molecule has 7 N–H and O–H groups in total. The molecule has 0 saturated carbocycles. The van der Waals surface area contributed by atoms with Gasteiger partial charge in [-0.1, -0.05) is 59.7 Å². The van der Waals surface area contributed by atoms with Crippen molar-refractivity contribution in [2.24, 2.45) is 11.8 Å². The van der Waals surface area contributed by atoms with Gasteiger partial charge in [-0.15, -0.1) is 22.7 Å². The van der Waals surface area contributed by atoms with E-state index in [4.69, 9.17) is 27.9 Å². The molecule has 0 bridgehead atoms. The van der Waals surface area contributed by atoms with Gasteiger partial charge in [0.1, 0.15) is 11.6 Å². The third-order valence-electron chi connectivity index (χ3n) is 16.0. The summed E-state index contributed by atoms with van der Waals surface area (Å²) in [5, 5.41) is 17.5. The fourth-order valence-electron chi connectivity index (χ4n) is 11.1. The number of nitrogens with two attached hydrogens (primary N) is 2. The van der Waals surface area contributed by atoms with Crippen LogP contribution in [0.4, 0.5) is 21.7 Å². The molecule has 4 aromatic heterocycles. The minimum absolute atomic E-state index is 0.143. The standard InChI is InChI=1S/C29H38N6O2S.C20H29N3S.C10H12N2O3.CH3F/c1-4-19-14-22(16-31-26(19)30)32-27(36)29(37)35-17-18(3)6-8-24(35)21-7-9-25-23(15-21)33-28(38-25)20-10-12-34(5-2)13-11-20;1-3-23-10-8-15(9-11-23)20-22-18-12-16(5-7-19(18)24-20)17-6-4-14(2)13-21-17;1-2-7-3-6(5-12-9(7)11)4-8(13)10(14)15;1-2/h7,9,14-16,18,20,24H,4-6,8,10-13,17H2,1-3H3,(H2,30,31)(H,32,36);5,7,12,14-15,17,21H,3-4,6,8-11,13H2,1-2H3;3,5H,2,4H2,1H3,(H2,11,12)(H,14,15);1H3/t18-,24+;14-,17+;;/m00../s1/i;;;1D. The highest BCUT2D eigenvalue weighted by atomic mass is 32.1. The van der Waals surface area contributed by atoms with Crippen LogP contribution >= 0.6 is 22.7 Å². The van der Waals surface area contributed by atoms with E-state index in [1.807, 2.05) is 25.2 Å². The quantitative estimate of drug-likeness (QED) is 0.0719. The van der Waals surface area contributed by atoms with Crippen molar-refractivity contribution in [1.29, 1.82) is 0 Å². The molecule has 19 heteroatoms. The number of nitrogens with one attached hydrogen (secondary N) is 2. The molecule has 16 nitrogen and oxygen atoms in total. The number of piperidine rings is 4. The Labute approximate surface area is 474 Å². The van der Waals surface area contributed by atoms with Gasteiger partial charge in [0.15, 0.2) is 0 Å². The summed E-state index contributed by atoms with van der Waals surface area (Å²) < 4.78 is 18.0. The molecule has 4 atom stereocenters. The number of likely N-dealkylation sites (tertiary alicyclic amines) is 3. The number of nitrogen functional groups attached to an aromatic ring is 2. The molecule has 426 valence electrons. The van der Waals surface area contributed by atoms with Crippen molar-refractivity contribution in [2.75, 3.05) is 76.3 Å². The lowest BCUT2D eigenvalue weighted by molar-refractivity contribution is -0.148. The van der Waals surface area contributed by atoms with Gasteiger partial charge in [-0.3, -0.25) is 18.8 Å². The van der Waals surface area contributed by atoms with E-state index in [0.29, 0.717) is 66.1 Å². The van der Waals surface area contributed by atoms with Crippen LogP contribution in [-0.2, 0) is 38.4 Å². The fourth-order valence-corrected chi connectivity index (χ4v) is 13.3. The SMILES string of the molecule is CCN1CCC(c2nc3cc([C@H]4CC[C@H](C)CN4)ccc3s2)CC1.CCc1cc(CC(=O)C(=O)O)cnc1N.CCc1cc(NC(=O)C(=O)N2C[C@@H](C)CC[C@@H]2c2ccc3sc(C4CCN(CC)CC4)nc3c2)cnc1N.[2H]CF. The van der Waals surface area contributed by atoms with Crippen molar-refractivity contribution < 1.29 is 30.0 Å². The molecule has 0 radical (unpaired) electrons. The average Bonchev–Trinajstić information content (AvgIpc) is 4.11. The van der Waals surface area contributed by atoms with Crippen LogP contribution in [-0.4, -0.2) is 123 Å². The number of ketones is 1. The van der Waals surface area contributed by atoms with Crippen LogP contribution in [0.3, 0.4) is 0 Å². The number of rotatable bonds is 12. The van der Waals surface area contributed by atoms with Gasteiger partial charge in [0.05, 0.1) is 56.9 Å². The number of anilines is 3. The fraction of sp³-hybridized carbons (Fsp3) is 0.533. The third-order valence-corrected chi connectivity index (χ3v) is 18.4.